The van der Waals surface area contributed by atoms with Crippen molar-refractivity contribution in [1.82, 2.24) is 35.5 Å². The topological polar surface area (TPSA) is 163 Å². The predicted octanol–water partition coefficient (Wildman–Crippen LogP) is 3.25. The molecule has 0 radical (unpaired) electrons. The molecular weight excluding hydrogens is 482 g/mol. The van der Waals surface area contributed by atoms with Crippen LogP contribution in [0.25, 0.3) is 16.6 Å². The number of H-pyrrole nitrogens is 1. The van der Waals surface area contributed by atoms with Crippen molar-refractivity contribution >= 4 is 51.6 Å². The molecule has 4 aromatic rings. The van der Waals surface area contributed by atoms with E-state index in [2.05, 4.69) is 66.4 Å². The highest BCUT2D eigenvalue weighted by atomic mass is 16.1. The molecule has 2 atom stereocenters. The molecule has 1 aliphatic heterocycles. The van der Waals surface area contributed by atoms with Crippen LogP contribution in [0.2, 0.25) is 0 Å². The standard InChI is InChI=1S/C26H31N11O/c1-13(2)18-9-20(36-35-18)32-25(38)17-7-6-14(3)19(8-17)31-24-22-21(28-12-29-24)23(27)34-26(33-22)37-10-15(4)30-16(5)11-37/h6-9,12,15-16,30H,1,10-11H2,2-5H3,(H2,27,33,34)(H,28,29,31)(H2,32,35,36,38)/t15-,16+. The number of hydrogen-bond acceptors (Lipinski definition) is 10. The number of benzene rings is 1. The first-order valence-electron chi connectivity index (χ1n) is 12.4. The Bertz CT molecular complexity index is 1520. The molecular formula is C26H31N11O. The molecule has 1 fully saturated rings. The second kappa shape index (κ2) is 10.1. The zero-order valence-corrected chi connectivity index (χ0v) is 21.8. The summed E-state index contributed by atoms with van der Waals surface area (Å²) in [5.41, 5.74) is 10.8. The molecule has 12 nitrogen and oxygen atoms in total. The number of hydrogen-bond donors (Lipinski definition) is 5. The van der Waals surface area contributed by atoms with E-state index in [1.54, 1.807) is 18.2 Å². The van der Waals surface area contributed by atoms with E-state index in [0.717, 1.165) is 24.2 Å². The zero-order chi connectivity index (χ0) is 27.0. The fourth-order valence-electron chi connectivity index (χ4n) is 4.51. The number of aryl methyl sites for hydroxylation is 1. The number of amides is 1. The number of nitrogens with zero attached hydrogens (tertiary/aromatic N) is 6. The maximum atomic E-state index is 13.0. The minimum atomic E-state index is -0.284. The Balaban J connectivity index is 1.44. The van der Waals surface area contributed by atoms with Crippen molar-refractivity contribution in [3.63, 3.8) is 0 Å². The number of piperazine rings is 1. The zero-order valence-electron chi connectivity index (χ0n) is 21.8. The largest absolute Gasteiger partial charge is 0.382 e. The van der Waals surface area contributed by atoms with Gasteiger partial charge in [0.25, 0.3) is 5.91 Å². The van der Waals surface area contributed by atoms with Gasteiger partial charge in [-0.2, -0.15) is 10.1 Å². The molecule has 0 spiro atoms. The maximum Gasteiger partial charge on any atom is 0.256 e. The van der Waals surface area contributed by atoms with Crippen LogP contribution in [0.15, 0.2) is 37.2 Å². The summed E-state index contributed by atoms with van der Waals surface area (Å²) in [6.07, 6.45) is 1.42. The third-order valence-corrected chi connectivity index (χ3v) is 6.35. The molecule has 3 aromatic heterocycles. The van der Waals surface area contributed by atoms with Crippen LogP contribution in [0.3, 0.4) is 0 Å². The van der Waals surface area contributed by atoms with Crippen LogP contribution in [0.1, 0.15) is 42.4 Å². The summed E-state index contributed by atoms with van der Waals surface area (Å²) in [4.78, 5) is 33.2. The van der Waals surface area contributed by atoms with Gasteiger partial charge in [-0.25, -0.2) is 15.0 Å². The van der Waals surface area contributed by atoms with Crippen molar-refractivity contribution in [2.45, 2.75) is 39.8 Å². The van der Waals surface area contributed by atoms with Crippen molar-refractivity contribution in [3.05, 3.63) is 54.0 Å². The molecule has 0 saturated carbocycles. The number of aromatic nitrogens is 6. The Hall–Kier alpha value is -4.58. The minimum Gasteiger partial charge on any atom is -0.382 e. The predicted molar refractivity (Wildman–Crippen MR) is 150 cm³/mol. The number of carbonyl (C=O) groups is 1. The number of rotatable bonds is 6. The Morgan fingerprint density at radius 3 is 2.61 bits per heavy atom. The molecule has 4 heterocycles. The maximum absolute atomic E-state index is 13.0. The van der Waals surface area contributed by atoms with Gasteiger partial charge in [0.15, 0.2) is 11.6 Å². The van der Waals surface area contributed by atoms with Crippen molar-refractivity contribution in [2.75, 3.05) is 34.4 Å². The lowest BCUT2D eigenvalue weighted by Crippen LogP contribution is -2.54. The average molecular weight is 514 g/mol. The normalized spacial score (nSPS) is 17.4. The highest BCUT2D eigenvalue weighted by molar-refractivity contribution is 6.05. The molecule has 1 amide bonds. The van der Waals surface area contributed by atoms with Crippen LogP contribution in [0, 0.1) is 6.92 Å². The third-order valence-electron chi connectivity index (χ3n) is 6.35. The molecule has 0 bridgehead atoms. The number of carbonyl (C=O) groups excluding carboxylic acids is 1. The number of nitrogens with two attached hydrogens (primary N) is 1. The Morgan fingerprint density at radius 1 is 1.13 bits per heavy atom. The fourth-order valence-corrected chi connectivity index (χ4v) is 4.51. The second-order valence-corrected chi connectivity index (χ2v) is 9.76. The first kappa shape index (κ1) is 25.1. The first-order valence-corrected chi connectivity index (χ1v) is 12.4. The molecule has 1 aliphatic rings. The lowest BCUT2D eigenvalue weighted by atomic mass is 10.1. The summed E-state index contributed by atoms with van der Waals surface area (Å²) >= 11 is 0. The molecule has 12 heteroatoms. The summed E-state index contributed by atoms with van der Waals surface area (Å²) in [6.45, 7) is 13.4. The molecule has 0 unspecified atom stereocenters. The molecule has 196 valence electrons. The number of nitrogen functional groups attached to an aromatic ring is 1. The quantitative estimate of drug-likeness (QED) is 0.259. The van der Waals surface area contributed by atoms with Gasteiger partial charge in [-0.1, -0.05) is 12.6 Å². The summed E-state index contributed by atoms with van der Waals surface area (Å²) < 4.78 is 0. The van der Waals surface area contributed by atoms with Crippen LogP contribution in [-0.2, 0) is 0 Å². The molecule has 38 heavy (non-hydrogen) atoms. The number of allylic oxidation sites excluding steroid dienone is 1. The summed E-state index contributed by atoms with van der Waals surface area (Å²) in [5, 5.41) is 16.6. The van der Waals surface area contributed by atoms with Gasteiger partial charge >= 0.3 is 0 Å². The van der Waals surface area contributed by atoms with Crippen LogP contribution in [-0.4, -0.2) is 61.2 Å². The van der Waals surface area contributed by atoms with Crippen LogP contribution in [0.4, 0.5) is 29.1 Å². The Labute approximate surface area is 220 Å². The van der Waals surface area contributed by atoms with E-state index in [-0.39, 0.29) is 23.8 Å². The van der Waals surface area contributed by atoms with Gasteiger partial charge in [0, 0.05) is 42.5 Å². The van der Waals surface area contributed by atoms with E-state index in [0.29, 0.717) is 45.6 Å². The molecule has 6 N–H and O–H groups in total. The van der Waals surface area contributed by atoms with E-state index < -0.39 is 0 Å². The Kier molecular flexibility index (Phi) is 6.64. The number of fused-ring (bicyclic) bond motifs is 1. The Morgan fingerprint density at radius 2 is 1.89 bits per heavy atom. The van der Waals surface area contributed by atoms with E-state index in [9.17, 15) is 4.79 Å². The van der Waals surface area contributed by atoms with Crippen LogP contribution in [0.5, 0.6) is 0 Å². The van der Waals surface area contributed by atoms with Crippen molar-refractivity contribution in [1.29, 1.82) is 0 Å². The second-order valence-electron chi connectivity index (χ2n) is 9.76. The highest BCUT2D eigenvalue weighted by Gasteiger charge is 2.24. The van der Waals surface area contributed by atoms with Gasteiger partial charge in [-0.05, 0) is 51.0 Å². The number of aromatic amines is 1. The van der Waals surface area contributed by atoms with Gasteiger partial charge < -0.3 is 26.6 Å². The smallest absolute Gasteiger partial charge is 0.256 e. The SMILES string of the molecule is C=C(C)c1cc(NC(=O)c2ccc(C)c(Nc3ncnc4c(N)nc(N5C[C@@H](C)N[C@@H](C)C5)nc34)c2)[nH]n1. The van der Waals surface area contributed by atoms with Gasteiger partial charge in [0.1, 0.15) is 23.2 Å². The lowest BCUT2D eigenvalue weighted by molar-refractivity contribution is 0.102. The van der Waals surface area contributed by atoms with Gasteiger partial charge in [0.05, 0.1) is 5.69 Å². The van der Waals surface area contributed by atoms with Crippen LogP contribution < -0.4 is 26.6 Å². The minimum absolute atomic E-state index is 0.284. The fraction of sp³-hybridized carbons (Fsp3) is 0.308. The molecule has 1 aromatic carbocycles. The molecule has 5 rings (SSSR count). The van der Waals surface area contributed by atoms with E-state index >= 15 is 0 Å². The van der Waals surface area contributed by atoms with E-state index in [1.165, 1.54) is 6.33 Å². The van der Waals surface area contributed by atoms with Gasteiger partial charge in [-0.15, -0.1) is 0 Å². The first-order chi connectivity index (χ1) is 18.2. The van der Waals surface area contributed by atoms with Crippen molar-refractivity contribution in [3.8, 4) is 0 Å². The van der Waals surface area contributed by atoms with Crippen molar-refractivity contribution in [2.24, 2.45) is 0 Å². The number of nitrogens with one attached hydrogen (secondary N) is 4. The number of anilines is 5. The van der Waals surface area contributed by atoms with Crippen LogP contribution >= 0.6 is 0 Å². The molecule has 0 aliphatic carbocycles. The third kappa shape index (κ3) is 5.11. The van der Waals surface area contributed by atoms with Gasteiger partial charge in [0.2, 0.25) is 5.95 Å². The van der Waals surface area contributed by atoms with Gasteiger partial charge in [-0.3, -0.25) is 9.89 Å². The van der Waals surface area contributed by atoms with Crippen molar-refractivity contribution < 1.29 is 4.79 Å². The summed E-state index contributed by atoms with van der Waals surface area (Å²) in [5.74, 6) is 1.50. The summed E-state index contributed by atoms with van der Waals surface area (Å²) in [6, 6.07) is 7.70. The van der Waals surface area contributed by atoms with E-state index in [1.807, 2.05) is 19.9 Å². The van der Waals surface area contributed by atoms with E-state index in [4.69, 9.17) is 10.7 Å². The summed E-state index contributed by atoms with van der Waals surface area (Å²) in [7, 11) is 0. The monoisotopic (exact) mass is 513 g/mol. The lowest BCUT2D eigenvalue weighted by Gasteiger charge is -2.36. The average Bonchev–Trinajstić information content (AvgIpc) is 3.34. The highest BCUT2D eigenvalue weighted by Crippen LogP contribution is 2.29. The molecule has 1 saturated heterocycles.